The van der Waals surface area contributed by atoms with Gasteiger partial charge in [-0.05, 0) is 61.6 Å². The molecule has 2 aliphatic rings. The number of carbonyl (C=O) groups excluding carboxylic acids is 7. The third kappa shape index (κ3) is 17.0. The van der Waals surface area contributed by atoms with Gasteiger partial charge < -0.3 is 63.3 Å². The highest BCUT2D eigenvalue weighted by Gasteiger charge is 2.46. The first-order valence-electron chi connectivity index (χ1n) is 24.0. The Bertz CT molecular complexity index is 2540. The first kappa shape index (κ1) is 59.0. The van der Waals surface area contributed by atoms with Gasteiger partial charge in [-0.15, -0.1) is 0 Å². The molecular weight excluding hydrogens is 959 g/mol. The second-order valence-electron chi connectivity index (χ2n) is 17.5. The number of ketones is 1. The summed E-state index contributed by atoms with van der Waals surface area (Å²) >= 11 is 0. The molecule has 22 nitrogen and oxygen atoms in total. The molecule has 1 aliphatic carbocycles. The predicted molar refractivity (Wildman–Crippen MR) is 272 cm³/mol. The molecule has 0 unspecified atom stereocenters. The van der Waals surface area contributed by atoms with E-state index in [0.717, 1.165) is 0 Å². The number of hydrogen-bond donors (Lipinski definition) is 6. The number of nitriles is 1. The number of likely N-dealkylation sites (tertiary alicyclic amines) is 1. The lowest BCUT2D eigenvalue weighted by atomic mass is 9.89. The molecule has 0 radical (unpaired) electrons. The van der Waals surface area contributed by atoms with Crippen molar-refractivity contribution in [3.63, 3.8) is 0 Å². The molecule has 400 valence electrons. The minimum Gasteiger partial charge on any atom is -0.497 e. The fourth-order valence-electron chi connectivity index (χ4n) is 7.97. The number of nitrogen functional groups attached to an aromatic ring is 1. The number of urea groups is 1. The van der Waals surface area contributed by atoms with Crippen LogP contribution in [0.4, 0.5) is 22.0 Å². The molecule has 0 spiro atoms. The highest BCUT2D eigenvalue weighted by molar-refractivity contribution is 6.25. The average molecular weight is 1030 g/mol. The number of pyridine rings is 1. The number of imide groups is 1. The zero-order chi connectivity index (χ0) is 53.0. The van der Waals surface area contributed by atoms with Crippen molar-refractivity contribution in [3.8, 4) is 23.4 Å². The molecule has 22 heteroatoms. The van der Waals surface area contributed by atoms with Crippen molar-refractivity contribution in [2.24, 2.45) is 17.6 Å². The number of ether oxygens (including phenoxy) is 6. The van der Waals surface area contributed by atoms with Crippen LogP contribution in [0.2, 0.25) is 0 Å². The van der Waals surface area contributed by atoms with E-state index in [4.69, 9.17) is 39.9 Å². The molecule has 0 saturated heterocycles. The molecule has 5 rings (SSSR count). The standard InChI is InChI=1S/C51H65N9O13.CH3/c1-6-73-50-39(29-52)40(53)28-43(57-45(63)26-34-24-36(68-4)13-14-42(34)69-5)60(50)30-32-9-11-35(12-10-32)56-47(64)33(8-7-16-55-51(54)67)25-41(61)46(31(2)3)58-44(62)15-18-70-20-22-72-23-21-71-19-17-59-48(65)37-27-38(37)49(59)66;/h9-14,24,28,31,33,46H,6-8,15-23,25-27,30H2,1-5H3,(H7,53,54,55,56,57,58,62,63,64,67);1H3/q;-1/p+1/t33-,46+;/m1./s1. The van der Waals surface area contributed by atoms with Gasteiger partial charge in [0.15, 0.2) is 11.3 Å². The number of nitrogens with one attached hydrogen (secondary N) is 4. The summed E-state index contributed by atoms with van der Waals surface area (Å²) in [6.07, 6.45) is 0.736. The number of benzene rings is 2. The number of aromatic nitrogens is 1. The number of methoxy groups -OCH3 is 2. The largest absolute Gasteiger partial charge is 0.497 e. The van der Waals surface area contributed by atoms with Crippen molar-refractivity contribution in [1.29, 1.82) is 5.26 Å². The smallest absolute Gasteiger partial charge is 0.312 e. The number of hydrogen-bond acceptors (Lipinski definition) is 15. The Morgan fingerprint density at radius 2 is 1.53 bits per heavy atom. The Morgan fingerprint density at radius 1 is 0.865 bits per heavy atom. The molecule has 8 N–H and O–H groups in total. The van der Waals surface area contributed by atoms with Crippen molar-refractivity contribution in [1.82, 2.24) is 15.5 Å². The van der Waals surface area contributed by atoms with Crippen LogP contribution in [0, 0.1) is 30.6 Å². The maximum absolute atomic E-state index is 13.9. The van der Waals surface area contributed by atoms with Crippen LogP contribution in [0.5, 0.6) is 17.4 Å². The summed E-state index contributed by atoms with van der Waals surface area (Å²) in [6, 6.07) is 13.9. The minimum atomic E-state index is -0.896. The fraction of sp³-hybridized carbons (Fsp3) is 0.462. The Hall–Kier alpha value is -7.61. The van der Waals surface area contributed by atoms with Crippen LogP contribution >= 0.6 is 0 Å². The van der Waals surface area contributed by atoms with Crippen LogP contribution in [0.15, 0.2) is 59.7 Å². The van der Waals surface area contributed by atoms with E-state index in [1.807, 2.05) is 0 Å². The average Bonchev–Trinajstić information content (AvgIpc) is 4.13. The van der Waals surface area contributed by atoms with Crippen LogP contribution < -0.4 is 51.5 Å². The summed E-state index contributed by atoms with van der Waals surface area (Å²) in [6.45, 7) is 7.26. The van der Waals surface area contributed by atoms with Gasteiger partial charge in [0.1, 0.15) is 24.1 Å². The van der Waals surface area contributed by atoms with Crippen LogP contribution in [0.1, 0.15) is 69.6 Å². The number of anilines is 3. The topological polar surface area (TPSA) is 306 Å². The molecule has 7 amide bonds. The summed E-state index contributed by atoms with van der Waals surface area (Å²) in [5, 5.41) is 21.1. The molecular formula is C52H69N9O13. The van der Waals surface area contributed by atoms with E-state index in [1.165, 1.54) is 25.2 Å². The first-order chi connectivity index (χ1) is 35.1. The number of nitrogens with zero attached hydrogens (tertiary/aromatic N) is 3. The third-order valence-corrected chi connectivity index (χ3v) is 11.8. The summed E-state index contributed by atoms with van der Waals surface area (Å²) < 4.78 is 34.8. The quantitative estimate of drug-likeness (QED) is 0.0227. The van der Waals surface area contributed by atoms with Gasteiger partial charge in [-0.2, -0.15) is 9.83 Å². The molecule has 3 aromatic rings. The normalized spacial score (nSPS) is 13.3. The van der Waals surface area contributed by atoms with Gasteiger partial charge in [0.2, 0.25) is 11.8 Å². The molecule has 1 aliphatic heterocycles. The van der Waals surface area contributed by atoms with E-state index in [1.54, 1.807) is 67.8 Å². The maximum atomic E-state index is 13.9. The second-order valence-corrected chi connectivity index (χ2v) is 17.5. The number of amides is 7. The van der Waals surface area contributed by atoms with E-state index >= 15 is 0 Å². The lowest BCUT2D eigenvalue weighted by Crippen LogP contribution is -2.45. The van der Waals surface area contributed by atoms with Crippen molar-refractivity contribution >= 4 is 58.5 Å². The second kappa shape index (κ2) is 29.2. The van der Waals surface area contributed by atoms with Crippen molar-refractivity contribution < 1.29 is 66.6 Å². The molecule has 0 bridgehead atoms. The van der Waals surface area contributed by atoms with E-state index in [-0.39, 0.29) is 145 Å². The Morgan fingerprint density at radius 3 is 2.14 bits per heavy atom. The van der Waals surface area contributed by atoms with Crippen LogP contribution in [0.3, 0.4) is 0 Å². The first-order valence-corrected chi connectivity index (χ1v) is 24.0. The lowest BCUT2D eigenvalue weighted by Gasteiger charge is -2.24. The zero-order valence-corrected chi connectivity index (χ0v) is 43.0. The zero-order valence-electron chi connectivity index (χ0n) is 43.0. The van der Waals surface area contributed by atoms with Gasteiger partial charge in [-0.1, -0.05) is 26.0 Å². The molecule has 74 heavy (non-hydrogen) atoms. The van der Waals surface area contributed by atoms with Gasteiger partial charge in [0.25, 0.3) is 17.6 Å². The lowest BCUT2D eigenvalue weighted by molar-refractivity contribution is -0.679. The third-order valence-electron chi connectivity index (χ3n) is 11.8. The van der Waals surface area contributed by atoms with E-state index in [0.29, 0.717) is 52.3 Å². The van der Waals surface area contributed by atoms with Gasteiger partial charge in [-0.25, -0.2) is 14.9 Å². The van der Waals surface area contributed by atoms with Crippen LogP contribution in [0.25, 0.3) is 0 Å². The molecule has 1 aromatic heterocycles. The van der Waals surface area contributed by atoms with Crippen LogP contribution in [-0.2, 0) is 55.9 Å². The number of nitrogens with two attached hydrogens (primary N) is 2. The molecule has 0 fully saturated rings. The molecule has 2 heterocycles. The molecule has 2 atom stereocenters. The van der Waals surface area contributed by atoms with Gasteiger partial charge in [0, 0.05) is 54.1 Å². The summed E-state index contributed by atoms with van der Waals surface area (Å²) in [4.78, 5) is 90.8. The van der Waals surface area contributed by atoms with Crippen molar-refractivity contribution in [3.05, 3.63) is 83.8 Å². The molecule has 0 saturated carbocycles. The number of carbonyl (C=O) groups is 7. The summed E-state index contributed by atoms with van der Waals surface area (Å²) in [7, 11) is 3.02. The Kier molecular flexibility index (Phi) is 23.2. The SMILES string of the molecule is CCOc1c(C#N)c(N)cc(NC(=O)Cc2cc(OC)ccc2OC)[n+]1Cc1ccc(NC(=O)[C@H](CCCNC(N)=O)CC(=O)[C@@H](NC(=O)CCOCCOCCOCCN2C(=O)C3=C(C3)C2=O)C(C)C)cc1.[CH3-]. The van der Waals surface area contributed by atoms with E-state index in [2.05, 4.69) is 27.3 Å². The van der Waals surface area contributed by atoms with Crippen LogP contribution in [-0.4, -0.2) is 126 Å². The number of primary amides is 1. The van der Waals surface area contributed by atoms with Gasteiger partial charge in [0.05, 0.1) is 91.2 Å². The van der Waals surface area contributed by atoms with Crippen molar-refractivity contribution in [2.75, 3.05) is 89.9 Å². The Balaban J connectivity index is 0.0000119. The predicted octanol–water partition coefficient (Wildman–Crippen LogP) is 3.14. The van der Waals surface area contributed by atoms with Gasteiger partial charge >= 0.3 is 17.8 Å². The van der Waals surface area contributed by atoms with Gasteiger partial charge in [-0.3, -0.25) is 28.9 Å². The molecule has 2 aromatic carbocycles. The maximum Gasteiger partial charge on any atom is 0.312 e. The summed E-state index contributed by atoms with van der Waals surface area (Å²) in [5.41, 5.74) is 14.6. The highest BCUT2D eigenvalue weighted by atomic mass is 16.5. The van der Waals surface area contributed by atoms with E-state index in [9.17, 15) is 38.8 Å². The fourth-order valence-corrected chi connectivity index (χ4v) is 7.97. The number of piperidine rings is 1. The number of rotatable bonds is 32. The van der Waals surface area contributed by atoms with E-state index < -0.39 is 35.7 Å². The highest BCUT2D eigenvalue weighted by Crippen LogP contribution is 2.40. The monoisotopic (exact) mass is 1030 g/mol. The Labute approximate surface area is 431 Å². The number of Topliss-reactive ketones (excluding diaryl/α,β-unsaturated/α-hetero) is 1. The summed E-state index contributed by atoms with van der Waals surface area (Å²) in [5.74, 6) is -1.80. The minimum absolute atomic E-state index is 0. The van der Waals surface area contributed by atoms with Crippen molar-refractivity contribution in [2.45, 2.75) is 71.9 Å².